The topological polar surface area (TPSA) is 66.5 Å². The molecular formula is C19H23BrN2O3S. The van der Waals surface area contributed by atoms with Crippen molar-refractivity contribution in [3.05, 3.63) is 58.1 Å². The van der Waals surface area contributed by atoms with Crippen molar-refractivity contribution < 1.29 is 13.2 Å². The highest BCUT2D eigenvalue weighted by Crippen LogP contribution is 2.24. The number of halogens is 1. The van der Waals surface area contributed by atoms with Gasteiger partial charge in [0.1, 0.15) is 0 Å². The minimum Gasteiger partial charge on any atom is -0.326 e. The van der Waals surface area contributed by atoms with E-state index in [1.54, 1.807) is 12.1 Å². The van der Waals surface area contributed by atoms with Gasteiger partial charge in [-0.1, -0.05) is 28.1 Å². The first-order valence-electron chi connectivity index (χ1n) is 8.27. The zero-order valence-corrected chi connectivity index (χ0v) is 17.5. The number of nitrogens with zero attached hydrogens (tertiary/aromatic N) is 1. The van der Waals surface area contributed by atoms with E-state index >= 15 is 0 Å². The van der Waals surface area contributed by atoms with Crippen LogP contribution < -0.4 is 9.62 Å². The van der Waals surface area contributed by atoms with Crippen molar-refractivity contribution in [2.45, 2.75) is 26.7 Å². The van der Waals surface area contributed by atoms with Crippen molar-refractivity contribution >= 4 is 43.2 Å². The van der Waals surface area contributed by atoms with Gasteiger partial charge >= 0.3 is 0 Å². The van der Waals surface area contributed by atoms with Gasteiger partial charge < -0.3 is 5.32 Å². The Labute approximate surface area is 163 Å². The average Bonchev–Trinajstić information content (AvgIpc) is 2.55. The molecule has 0 atom stereocenters. The van der Waals surface area contributed by atoms with Crippen LogP contribution in [-0.4, -0.2) is 27.1 Å². The molecule has 7 heteroatoms. The molecule has 0 saturated heterocycles. The van der Waals surface area contributed by atoms with Gasteiger partial charge in [0.25, 0.3) is 0 Å². The smallest absolute Gasteiger partial charge is 0.232 e. The number of nitrogens with one attached hydrogen (secondary N) is 1. The zero-order valence-electron chi connectivity index (χ0n) is 15.1. The van der Waals surface area contributed by atoms with E-state index in [0.29, 0.717) is 17.8 Å². The Kier molecular flexibility index (Phi) is 6.83. The van der Waals surface area contributed by atoms with Gasteiger partial charge in [-0.25, -0.2) is 8.42 Å². The third kappa shape index (κ3) is 5.85. The summed E-state index contributed by atoms with van der Waals surface area (Å²) in [5.41, 5.74) is 3.26. The molecule has 2 rings (SSSR count). The molecule has 0 aliphatic rings. The number of carbonyl (C=O) groups excluding carboxylic acids is 1. The molecule has 26 heavy (non-hydrogen) atoms. The molecule has 0 bridgehead atoms. The van der Waals surface area contributed by atoms with E-state index in [4.69, 9.17) is 0 Å². The van der Waals surface area contributed by atoms with Gasteiger partial charge in [-0.05, 0) is 61.7 Å². The quantitative estimate of drug-likeness (QED) is 0.702. The van der Waals surface area contributed by atoms with Gasteiger partial charge in [0, 0.05) is 23.1 Å². The Morgan fingerprint density at radius 2 is 1.77 bits per heavy atom. The van der Waals surface area contributed by atoms with E-state index in [1.807, 2.05) is 44.2 Å². The van der Waals surface area contributed by atoms with Gasteiger partial charge in [-0.15, -0.1) is 0 Å². The van der Waals surface area contributed by atoms with E-state index in [9.17, 15) is 13.2 Å². The number of rotatable bonds is 7. The maximum absolute atomic E-state index is 12.2. The van der Waals surface area contributed by atoms with Crippen LogP contribution >= 0.6 is 15.9 Å². The van der Waals surface area contributed by atoms with Gasteiger partial charge in [0.2, 0.25) is 15.9 Å². The summed E-state index contributed by atoms with van der Waals surface area (Å²) in [6.07, 6.45) is 1.87. The largest absolute Gasteiger partial charge is 0.326 e. The number of hydrogen-bond donors (Lipinski definition) is 1. The Hall–Kier alpha value is -1.86. The van der Waals surface area contributed by atoms with Crippen LogP contribution in [0.2, 0.25) is 0 Å². The van der Waals surface area contributed by atoms with Crippen molar-refractivity contribution in [1.29, 1.82) is 0 Å². The van der Waals surface area contributed by atoms with E-state index in [0.717, 1.165) is 15.6 Å². The molecule has 140 valence electrons. The summed E-state index contributed by atoms with van der Waals surface area (Å²) in [5, 5.41) is 2.81. The Morgan fingerprint density at radius 3 is 2.38 bits per heavy atom. The number of sulfonamides is 1. The highest BCUT2D eigenvalue weighted by atomic mass is 79.9. The minimum atomic E-state index is -3.42. The molecule has 5 nitrogen and oxygen atoms in total. The van der Waals surface area contributed by atoms with Crippen molar-refractivity contribution in [3.8, 4) is 0 Å². The molecule has 2 aromatic carbocycles. The summed E-state index contributed by atoms with van der Waals surface area (Å²) < 4.78 is 26.7. The molecule has 1 N–H and O–H groups in total. The lowest BCUT2D eigenvalue weighted by Crippen LogP contribution is -2.32. The molecule has 0 spiro atoms. The van der Waals surface area contributed by atoms with Crippen LogP contribution in [0, 0.1) is 13.8 Å². The molecule has 0 aliphatic heterocycles. The molecule has 0 fully saturated rings. The molecule has 0 aliphatic carbocycles. The third-order valence-corrected chi connectivity index (χ3v) is 5.64. The minimum absolute atomic E-state index is 0.137. The Bertz CT molecular complexity index is 880. The lowest BCUT2D eigenvalue weighted by molar-refractivity contribution is -0.116. The van der Waals surface area contributed by atoms with Crippen LogP contribution in [-0.2, 0) is 14.8 Å². The Morgan fingerprint density at radius 1 is 1.12 bits per heavy atom. The fraction of sp³-hybridized carbons (Fsp3) is 0.316. The predicted octanol–water partition coefficient (Wildman–Crippen LogP) is 4.25. The Balaban J connectivity index is 2.01. The second kappa shape index (κ2) is 8.68. The normalized spacial score (nSPS) is 11.2. The zero-order chi connectivity index (χ0) is 19.3. The fourth-order valence-electron chi connectivity index (χ4n) is 2.59. The van der Waals surface area contributed by atoms with Crippen LogP contribution in [0.5, 0.6) is 0 Å². The molecule has 1 amide bonds. The van der Waals surface area contributed by atoms with Crippen LogP contribution in [0.1, 0.15) is 24.0 Å². The SMILES string of the molecule is Cc1ccc(C)c(N(CCCC(=O)Nc2ccc(Br)cc2)S(C)(=O)=O)c1. The number of anilines is 2. The first-order valence-corrected chi connectivity index (χ1v) is 10.9. The lowest BCUT2D eigenvalue weighted by Gasteiger charge is -2.24. The summed E-state index contributed by atoms with van der Waals surface area (Å²) in [5.74, 6) is -0.137. The number of carbonyl (C=O) groups is 1. The number of hydrogen-bond acceptors (Lipinski definition) is 3. The van der Waals surface area contributed by atoms with E-state index < -0.39 is 10.0 Å². The van der Waals surface area contributed by atoms with Crippen LogP contribution in [0.25, 0.3) is 0 Å². The summed E-state index contributed by atoms with van der Waals surface area (Å²) in [7, 11) is -3.42. The molecule has 0 unspecified atom stereocenters. The van der Waals surface area contributed by atoms with Gasteiger partial charge in [-0.3, -0.25) is 9.10 Å². The third-order valence-electron chi connectivity index (χ3n) is 3.93. The monoisotopic (exact) mass is 438 g/mol. The molecule has 0 heterocycles. The second-order valence-electron chi connectivity index (χ2n) is 6.28. The van der Waals surface area contributed by atoms with E-state index in [-0.39, 0.29) is 18.9 Å². The molecular weight excluding hydrogens is 416 g/mol. The maximum Gasteiger partial charge on any atom is 0.232 e. The van der Waals surface area contributed by atoms with Gasteiger partial charge in [0.05, 0.1) is 11.9 Å². The number of amides is 1. The fourth-order valence-corrected chi connectivity index (χ4v) is 3.87. The standard InChI is InChI=1S/C19H23BrN2O3S/c1-14-6-7-15(2)18(13-14)22(26(3,24)25)12-4-5-19(23)21-17-10-8-16(20)9-11-17/h6-11,13H,4-5,12H2,1-3H3,(H,21,23). The average molecular weight is 439 g/mol. The van der Waals surface area contributed by atoms with Crippen molar-refractivity contribution in [3.63, 3.8) is 0 Å². The first-order chi connectivity index (χ1) is 12.2. The van der Waals surface area contributed by atoms with E-state index in [2.05, 4.69) is 21.2 Å². The highest BCUT2D eigenvalue weighted by molar-refractivity contribution is 9.10. The van der Waals surface area contributed by atoms with Crippen LogP contribution in [0.15, 0.2) is 46.9 Å². The second-order valence-corrected chi connectivity index (χ2v) is 9.11. The molecule has 0 aromatic heterocycles. The highest BCUT2D eigenvalue weighted by Gasteiger charge is 2.19. The summed E-state index contributed by atoms with van der Waals surface area (Å²) in [6, 6.07) is 13.0. The van der Waals surface area contributed by atoms with Crippen LogP contribution in [0.3, 0.4) is 0 Å². The number of aryl methyl sites for hydroxylation is 2. The lowest BCUT2D eigenvalue weighted by atomic mass is 10.1. The summed E-state index contributed by atoms with van der Waals surface area (Å²) in [4.78, 5) is 12.1. The van der Waals surface area contributed by atoms with E-state index in [1.165, 1.54) is 10.6 Å². The molecule has 0 radical (unpaired) electrons. The molecule has 2 aromatic rings. The predicted molar refractivity (Wildman–Crippen MR) is 110 cm³/mol. The molecule has 0 saturated carbocycles. The van der Waals surface area contributed by atoms with Crippen molar-refractivity contribution in [1.82, 2.24) is 0 Å². The first kappa shape index (κ1) is 20.5. The van der Waals surface area contributed by atoms with Crippen molar-refractivity contribution in [2.75, 3.05) is 22.4 Å². The number of benzene rings is 2. The summed E-state index contributed by atoms with van der Waals surface area (Å²) >= 11 is 3.35. The maximum atomic E-state index is 12.2. The van der Waals surface area contributed by atoms with Gasteiger partial charge in [-0.2, -0.15) is 0 Å². The summed E-state index contributed by atoms with van der Waals surface area (Å²) in [6.45, 7) is 4.07. The van der Waals surface area contributed by atoms with Crippen LogP contribution in [0.4, 0.5) is 11.4 Å². The van der Waals surface area contributed by atoms with Gasteiger partial charge in [0.15, 0.2) is 0 Å². The van der Waals surface area contributed by atoms with Crippen molar-refractivity contribution in [2.24, 2.45) is 0 Å².